The Morgan fingerprint density at radius 2 is 1.89 bits per heavy atom. The van der Waals surface area contributed by atoms with Gasteiger partial charge in [-0.15, -0.1) is 0 Å². The molecule has 2 aromatic rings. The number of halogens is 2. The van der Waals surface area contributed by atoms with Crippen molar-refractivity contribution < 1.29 is 4.79 Å². The van der Waals surface area contributed by atoms with Crippen molar-refractivity contribution in [2.75, 3.05) is 0 Å². The highest BCUT2D eigenvalue weighted by molar-refractivity contribution is 9.10. The smallest absolute Gasteiger partial charge is 0.251 e. The number of hydrogen-bond donors (Lipinski definition) is 1. The van der Waals surface area contributed by atoms with Gasteiger partial charge in [0.2, 0.25) is 0 Å². The average molecular weight is 370 g/mol. The van der Waals surface area contributed by atoms with Crippen LogP contribution in [0.15, 0.2) is 51.7 Å². The van der Waals surface area contributed by atoms with E-state index in [0.717, 1.165) is 10.0 Å². The van der Waals surface area contributed by atoms with Gasteiger partial charge >= 0.3 is 0 Å². The van der Waals surface area contributed by atoms with Crippen LogP contribution in [-0.2, 0) is 6.54 Å². The van der Waals surface area contributed by atoms with Gasteiger partial charge in [-0.25, -0.2) is 4.98 Å². The predicted octanol–water partition coefficient (Wildman–Crippen LogP) is 3.54. The zero-order chi connectivity index (χ0) is 13.0. The lowest BCUT2D eigenvalue weighted by atomic mass is 10.2. The molecule has 1 aromatic carbocycles. The normalized spacial score (nSPS) is 10.1. The summed E-state index contributed by atoms with van der Waals surface area (Å²) in [6.07, 6.45) is 1.60. The fourth-order valence-electron chi connectivity index (χ4n) is 1.43. The van der Waals surface area contributed by atoms with Gasteiger partial charge in [0.25, 0.3) is 5.91 Å². The topological polar surface area (TPSA) is 42.0 Å². The molecule has 1 amide bonds. The number of nitrogens with zero attached hydrogens (tertiary/aromatic N) is 1. The number of hydrogen-bond acceptors (Lipinski definition) is 2. The first-order valence-electron chi connectivity index (χ1n) is 5.29. The van der Waals surface area contributed by atoms with Gasteiger partial charge in [-0.3, -0.25) is 4.79 Å². The molecular formula is C13H10Br2N2O. The van der Waals surface area contributed by atoms with Crippen LogP contribution >= 0.6 is 31.9 Å². The van der Waals surface area contributed by atoms with Crippen LogP contribution in [0.3, 0.4) is 0 Å². The summed E-state index contributed by atoms with van der Waals surface area (Å²) in [6, 6.07) is 11.2. The molecule has 0 aliphatic rings. The molecule has 3 nitrogen and oxygen atoms in total. The van der Waals surface area contributed by atoms with E-state index in [2.05, 4.69) is 42.2 Å². The highest BCUT2D eigenvalue weighted by Crippen LogP contribution is 2.11. The zero-order valence-corrected chi connectivity index (χ0v) is 12.5. The van der Waals surface area contributed by atoms with E-state index < -0.39 is 0 Å². The van der Waals surface area contributed by atoms with E-state index >= 15 is 0 Å². The summed E-state index contributed by atoms with van der Waals surface area (Å²) in [4.78, 5) is 15.8. The van der Waals surface area contributed by atoms with Crippen LogP contribution in [0.4, 0.5) is 0 Å². The lowest BCUT2D eigenvalue weighted by molar-refractivity contribution is 0.0950. The molecule has 0 saturated carbocycles. The molecule has 0 fully saturated rings. The molecule has 0 bridgehead atoms. The van der Waals surface area contributed by atoms with Gasteiger partial charge in [0, 0.05) is 22.8 Å². The quantitative estimate of drug-likeness (QED) is 0.841. The van der Waals surface area contributed by atoms with E-state index in [1.807, 2.05) is 24.3 Å². The molecular weight excluding hydrogens is 360 g/mol. The van der Waals surface area contributed by atoms with Gasteiger partial charge in [-0.1, -0.05) is 28.1 Å². The number of amides is 1. The van der Waals surface area contributed by atoms with Crippen molar-refractivity contribution in [2.45, 2.75) is 6.54 Å². The molecule has 1 heterocycles. The maximum Gasteiger partial charge on any atom is 0.251 e. The fraction of sp³-hybridized carbons (Fsp3) is 0.0769. The SMILES string of the molecule is O=C(NCc1ccc(Br)cc1)c1ccnc(Br)c1. The van der Waals surface area contributed by atoms with E-state index in [1.165, 1.54) is 0 Å². The Bertz CT molecular complexity index is 555. The molecule has 0 aliphatic heterocycles. The van der Waals surface area contributed by atoms with Crippen LogP contribution in [-0.4, -0.2) is 10.9 Å². The molecule has 0 saturated heterocycles. The Hall–Kier alpha value is -1.20. The van der Waals surface area contributed by atoms with Gasteiger partial charge in [0.15, 0.2) is 0 Å². The third kappa shape index (κ3) is 3.65. The number of rotatable bonds is 3. The molecule has 0 unspecified atom stereocenters. The molecule has 5 heteroatoms. The second-order valence-corrected chi connectivity index (χ2v) is 5.40. The summed E-state index contributed by atoms with van der Waals surface area (Å²) < 4.78 is 1.68. The van der Waals surface area contributed by atoms with E-state index in [1.54, 1.807) is 18.3 Å². The molecule has 1 aromatic heterocycles. The Kier molecular flexibility index (Phi) is 4.49. The van der Waals surface area contributed by atoms with Crippen molar-refractivity contribution in [3.63, 3.8) is 0 Å². The third-order valence-electron chi connectivity index (χ3n) is 2.36. The zero-order valence-electron chi connectivity index (χ0n) is 9.36. The number of carbonyl (C=O) groups is 1. The summed E-state index contributed by atoms with van der Waals surface area (Å²) >= 11 is 6.61. The van der Waals surface area contributed by atoms with Crippen LogP contribution in [0.5, 0.6) is 0 Å². The van der Waals surface area contributed by atoms with Gasteiger partial charge < -0.3 is 5.32 Å². The summed E-state index contributed by atoms with van der Waals surface area (Å²) in [7, 11) is 0. The van der Waals surface area contributed by atoms with Crippen LogP contribution in [0.2, 0.25) is 0 Å². The highest BCUT2D eigenvalue weighted by atomic mass is 79.9. The third-order valence-corrected chi connectivity index (χ3v) is 3.32. The van der Waals surface area contributed by atoms with Crippen molar-refractivity contribution in [1.82, 2.24) is 10.3 Å². The minimum Gasteiger partial charge on any atom is -0.348 e. The highest BCUT2D eigenvalue weighted by Gasteiger charge is 2.05. The van der Waals surface area contributed by atoms with Gasteiger partial charge in [-0.05, 0) is 45.8 Å². The lowest BCUT2D eigenvalue weighted by Crippen LogP contribution is -2.22. The predicted molar refractivity (Wildman–Crippen MR) is 77.2 cm³/mol. The second kappa shape index (κ2) is 6.11. The molecule has 18 heavy (non-hydrogen) atoms. The first kappa shape index (κ1) is 13.2. The number of nitrogens with one attached hydrogen (secondary N) is 1. The molecule has 0 spiro atoms. The van der Waals surface area contributed by atoms with Crippen molar-refractivity contribution in [2.24, 2.45) is 0 Å². The largest absolute Gasteiger partial charge is 0.348 e. The first-order valence-corrected chi connectivity index (χ1v) is 6.88. The van der Waals surface area contributed by atoms with E-state index in [9.17, 15) is 4.79 Å². The summed E-state index contributed by atoms with van der Waals surface area (Å²) in [6.45, 7) is 0.506. The molecule has 92 valence electrons. The standard InChI is InChI=1S/C13H10Br2N2O/c14-11-3-1-9(2-4-11)8-17-13(18)10-5-6-16-12(15)7-10/h1-7H,8H2,(H,17,18). The van der Waals surface area contributed by atoms with Crippen LogP contribution in [0, 0.1) is 0 Å². The Morgan fingerprint density at radius 3 is 2.56 bits per heavy atom. The van der Waals surface area contributed by atoms with Crippen molar-refractivity contribution in [3.05, 3.63) is 62.8 Å². The van der Waals surface area contributed by atoms with Gasteiger partial charge in [-0.2, -0.15) is 0 Å². The monoisotopic (exact) mass is 368 g/mol. The van der Waals surface area contributed by atoms with Crippen LogP contribution in [0.25, 0.3) is 0 Å². The average Bonchev–Trinajstić information content (AvgIpc) is 2.38. The maximum absolute atomic E-state index is 11.9. The Balaban J connectivity index is 1.98. The van der Waals surface area contributed by atoms with Crippen LogP contribution in [0.1, 0.15) is 15.9 Å². The molecule has 2 rings (SSSR count). The minimum absolute atomic E-state index is 0.110. The van der Waals surface area contributed by atoms with Crippen molar-refractivity contribution in [3.8, 4) is 0 Å². The van der Waals surface area contributed by atoms with Crippen molar-refractivity contribution >= 4 is 37.8 Å². The lowest BCUT2D eigenvalue weighted by Gasteiger charge is -2.05. The minimum atomic E-state index is -0.110. The number of carbonyl (C=O) groups excluding carboxylic acids is 1. The fourth-order valence-corrected chi connectivity index (χ4v) is 2.06. The molecule has 0 aliphatic carbocycles. The summed E-state index contributed by atoms with van der Waals surface area (Å²) in [5, 5.41) is 2.86. The second-order valence-electron chi connectivity index (χ2n) is 3.68. The summed E-state index contributed by atoms with van der Waals surface area (Å²) in [5.41, 5.74) is 1.65. The van der Waals surface area contributed by atoms with E-state index in [0.29, 0.717) is 16.7 Å². The first-order chi connectivity index (χ1) is 8.65. The van der Waals surface area contributed by atoms with Gasteiger partial charge in [0.1, 0.15) is 4.60 Å². The Labute approximate surface area is 122 Å². The molecule has 0 atom stereocenters. The van der Waals surface area contributed by atoms with Crippen molar-refractivity contribution in [1.29, 1.82) is 0 Å². The van der Waals surface area contributed by atoms with Gasteiger partial charge in [0.05, 0.1) is 0 Å². The maximum atomic E-state index is 11.9. The summed E-state index contributed by atoms with van der Waals surface area (Å²) in [5.74, 6) is -0.110. The molecule has 0 radical (unpaired) electrons. The Morgan fingerprint density at radius 1 is 1.17 bits per heavy atom. The number of benzene rings is 1. The molecule has 1 N–H and O–H groups in total. The van der Waals surface area contributed by atoms with Crippen LogP contribution < -0.4 is 5.32 Å². The van der Waals surface area contributed by atoms with E-state index in [-0.39, 0.29) is 5.91 Å². The number of pyridine rings is 1. The van der Waals surface area contributed by atoms with E-state index in [4.69, 9.17) is 0 Å². The number of aromatic nitrogens is 1.